The number of nitrogens with zero attached hydrogens (tertiary/aromatic N) is 8. The number of nitrogens with one attached hydrogen (secondary N) is 2. The minimum Gasteiger partial charge on any atom is -0.349 e. The Labute approximate surface area is 243 Å². The summed E-state index contributed by atoms with van der Waals surface area (Å²) >= 11 is 6.26. The van der Waals surface area contributed by atoms with E-state index < -0.39 is 36.3 Å². The molecule has 1 saturated carbocycles. The van der Waals surface area contributed by atoms with Crippen LogP contribution in [-0.4, -0.2) is 59.0 Å². The Morgan fingerprint density at radius 1 is 1.16 bits per heavy atom. The van der Waals surface area contributed by atoms with Gasteiger partial charge < -0.3 is 10.6 Å². The Balaban J connectivity index is 1.55. The van der Waals surface area contributed by atoms with Crippen molar-refractivity contribution >= 4 is 29.1 Å². The minimum atomic E-state index is -5.98. The van der Waals surface area contributed by atoms with Crippen molar-refractivity contribution in [2.75, 3.05) is 5.32 Å². The van der Waals surface area contributed by atoms with Crippen molar-refractivity contribution in [3.8, 4) is 11.9 Å². The molecule has 1 aromatic carbocycles. The summed E-state index contributed by atoms with van der Waals surface area (Å²) in [5.74, 6) is -8.62. The largest absolute Gasteiger partial charge is 0.461 e. The number of aryl methyl sites for hydroxylation is 1. The summed E-state index contributed by atoms with van der Waals surface area (Å²) in [6.07, 6.45) is -3.07. The zero-order valence-corrected chi connectivity index (χ0v) is 22.6. The number of alkyl halides is 5. The molecule has 5 rings (SSSR count). The van der Waals surface area contributed by atoms with Gasteiger partial charge in [0.25, 0.3) is 11.8 Å². The number of tetrazole rings is 1. The van der Waals surface area contributed by atoms with Gasteiger partial charge in [0.05, 0.1) is 40.1 Å². The SMILES string of the molecule is Cc1cc(C#N)cc(C(=O)NC2CC2)c1NC(=O)c1cc(Cn2nnnc2C(F)(F)C(F)(F)F)nn1-c1ncccc1Cl. The van der Waals surface area contributed by atoms with Crippen LogP contribution in [0.3, 0.4) is 0 Å². The van der Waals surface area contributed by atoms with Crippen LogP contribution in [0.25, 0.3) is 5.82 Å². The topological polar surface area (TPSA) is 156 Å². The first-order valence-corrected chi connectivity index (χ1v) is 12.8. The Kier molecular flexibility index (Phi) is 7.56. The summed E-state index contributed by atoms with van der Waals surface area (Å²) in [5, 5.41) is 28.0. The maximum atomic E-state index is 14.1. The van der Waals surface area contributed by atoms with Crippen LogP contribution < -0.4 is 10.6 Å². The summed E-state index contributed by atoms with van der Waals surface area (Å²) in [4.78, 5) is 30.7. The molecule has 2 amide bonds. The molecular formula is C25H18ClF5N10O2. The molecule has 43 heavy (non-hydrogen) atoms. The highest BCUT2D eigenvalue weighted by atomic mass is 35.5. The van der Waals surface area contributed by atoms with Gasteiger partial charge in [-0.1, -0.05) is 11.6 Å². The molecular weight excluding hydrogens is 603 g/mol. The number of carbonyl (C=O) groups excluding carboxylic acids is 2. The molecule has 4 aromatic rings. The van der Waals surface area contributed by atoms with Crippen LogP contribution in [0, 0.1) is 18.3 Å². The zero-order valence-electron chi connectivity index (χ0n) is 21.8. The third kappa shape index (κ3) is 5.86. The van der Waals surface area contributed by atoms with Crippen LogP contribution in [0.4, 0.5) is 27.6 Å². The van der Waals surface area contributed by atoms with Crippen LogP contribution in [0.15, 0.2) is 36.5 Å². The van der Waals surface area contributed by atoms with Crippen LogP contribution in [0.1, 0.15) is 56.3 Å². The second-order valence-electron chi connectivity index (χ2n) is 9.50. The molecule has 0 radical (unpaired) electrons. The van der Waals surface area contributed by atoms with Gasteiger partial charge >= 0.3 is 12.1 Å². The molecule has 0 aliphatic heterocycles. The van der Waals surface area contributed by atoms with Gasteiger partial charge in [-0.05, 0) is 66.1 Å². The number of nitriles is 1. The van der Waals surface area contributed by atoms with E-state index in [1.54, 1.807) is 6.92 Å². The quantitative estimate of drug-likeness (QED) is 0.281. The number of hydrogen-bond acceptors (Lipinski definition) is 8. The average Bonchev–Trinajstić information content (AvgIpc) is 3.46. The van der Waals surface area contributed by atoms with Gasteiger partial charge in [-0.25, -0.2) is 14.3 Å². The van der Waals surface area contributed by atoms with E-state index in [0.29, 0.717) is 5.56 Å². The highest BCUT2D eigenvalue weighted by Gasteiger charge is 2.62. The lowest BCUT2D eigenvalue weighted by Crippen LogP contribution is -2.36. The van der Waals surface area contributed by atoms with Crippen molar-refractivity contribution in [3.63, 3.8) is 0 Å². The van der Waals surface area contributed by atoms with Crippen LogP contribution >= 0.6 is 11.6 Å². The first kappa shape index (κ1) is 29.5. The van der Waals surface area contributed by atoms with Crippen molar-refractivity contribution in [2.45, 2.75) is 44.5 Å². The van der Waals surface area contributed by atoms with Gasteiger partial charge in [0.2, 0.25) is 5.82 Å². The maximum Gasteiger partial charge on any atom is 0.461 e. The number of benzene rings is 1. The lowest BCUT2D eigenvalue weighted by atomic mass is 10.0. The Morgan fingerprint density at radius 3 is 2.56 bits per heavy atom. The predicted molar refractivity (Wildman–Crippen MR) is 138 cm³/mol. The second kappa shape index (κ2) is 11.0. The highest BCUT2D eigenvalue weighted by molar-refractivity contribution is 6.32. The highest BCUT2D eigenvalue weighted by Crippen LogP contribution is 2.42. The van der Waals surface area contributed by atoms with Crippen molar-refractivity contribution in [1.29, 1.82) is 5.26 Å². The van der Waals surface area contributed by atoms with Gasteiger partial charge in [0, 0.05) is 12.2 Å². The Bertz CT molecular complexity index is 1770. The molecule has 0 bridgehead atoms. The van der Waals surface area contributed by atoms with Crippen molar-refractivity contribution in [2.24, 2.45) is 0 Å². The summed E-state index contributed by atoms with van der Waals surface area (Å²) in [6, 6.07) is 8.73. The van der Waals surface area contributed by atoms with Gasteiger partial charge in [0.1, 0.15) is 5.69 Å². The molecule has 3 heterocycles. The molecule has 0 spiro atoms. The third-order valence-corrected chi connectivity index (χ3v) is 6.57. The van der Waals surface area contributed by atoms with Crippen LogP contribution in [0.5, 0.6) is 0 Å². The zero-order chi connectivity index (χ0) is 31.1. The molecule has 1 aliphatic carbocycles. The molecule has 3 aromatic heterocycles. The molecule has 2 N–H and O–H groups in total. The van der Waals surface area contributed by atoms with Crippen molar-refractivity contribution in [1.82, 2.24) is 40.3 Å². The lowest BCUT2D eigenvalue weighted by molar-refractivity contribution is -0.293. The number of anilines is 1. The van der Waals surface area contributed by atoms with Gasteiger partial charge in [0.15, 0.2) is 5.82 Å². The lowest BCUT2D eigenvalue weighted by Gasteiger charge is -2.18. The average molecular weight is 621 g/mol. The van der Waals surface area contributed by atoms with Crippen molar-refractivity contribution < 1.29 is 31.5 Å². The summed E-state index contributed by atoms with van der Waals surface area (Å²) in [5.41, 5.74) is 0.176. The van der Waals surface area contributed by atoms with E-state index in [2.05, 4.69) is 36.2 Å². The monoisotopic (exact) mass is 620 g/mol. The van der Waals surface area contributed by atoms with E-state index >= 15 is 0 Å². The molecule has 12 nitrogen and oxygen atoms in total. The number of amides is 2. The van der Waals surface area contributed by atoms with Crippen LogP contribution in [-0.2, 0) is 12.5 Å². The Hall–Kier alpha value is -4.98. The number of hydrogen-bond donors (Lipinski definition) is 2. The number of pyridine rings is 1. The summed E-state index contributed by atoms with van der Waals surface area (Å²) in [6.45, 7) is 0.777. The second-order valence-corrected chi connectivity index (χ2v) is 9.91. The first-order valence-electron chi connectivity index (χ1n) is 12.4. The number of carbonyl (C=O) groups is 2. The molecule has 1 fully saturated rings. The fraction of sp³-hybridized carbons (Fsp3) is 0.280. The number of halogens is 6. The van der Waals surface area contributed by atoms with Crippen molar-refractivity contribution in [3.05, 3.63) is 75.5 Å². The first-order chi connectivity index (χ1) is 20.3. The molecule has 222 valence electrons. The Morgan fingerprint density at radius 2 is 1.91 bits per heavy atom. The fourth-order valence-electron chi connectivity index (χ4n) is 4.05. The number of rotatable bonds is 8. The minimum absolute atomic E-state index is 0.0201. The van der Waals surface area contributed by atoms with E-state index in [-0.39, 0.29) is 49.8 Å². The van der Waals surface area contributed by atoms with Crippen LogP contribution in [0.2, 0.25) is 5.02 Å². The molecule has 0 atom stereocenters. The third-order valence-electron chi connectivity index (χ3n) is 6.27. The maximum absolute atomic E-state index is 14.1. The van der Waals surface area contributed by atoms with Gasteiger partial charge in [-0.2, -0.15) is 32.3 Å². The van der Waals surface area contributed by atoms with Gasteiger partial charge in [-0.15, -0.1) is 5.10 Å². The smallest absolute Gasteiger partial charge is 0.349 e. The van der Waals surface area contributed by atoms with E-state index in [1.807, 2.05) is 6.07 Å². The van der Waals surface area contributed by atoms with E-state index in [0.717, 1.165) is 23.6 Å². The van der Waals surface area contributed by atoms with E-state index in [4.69, 9.17) is 11.6 Å². The molecule has 1 aliphatic rings. The van der Waals surface area contributed by atoms with E-state index in [9.17, 15) is 36.8 Å². The molecule has 18 heteroatoms. The molecule has 0 saturated heterocycles. The fourth-order valence-corrected chi connectivity index (χ4v) is 4.25. The predicted octanol–water partition coefficient (Wildman–Crippen LogP) is 3.93. The normalized spacial score (nSPS) is 13.4. The van der Waals surface area contributed by atoms with Gasteiger partial charge in [-0.3, -0.25) is 9.59 Å². The standard InChI is InChI=1S/C25H18ClF5N10O2/c1-12-7-13(10-32)8-16(21(42)34-14-4-5-14)19(12)35-22(43)18-9-15(37-41(18)20-17(26)3-2-6-33-20)11-40-23(36-38-39-40)24(27,28)25(29,30)31/h2-3,6-9,14H,4-5,11H2,1H3,(H,34,42)(H,35,43). The summed E-state index contributed by atoms with van der Waals surface area (Å²) < 4.78 is 68.3. The summed E-state index contributed by atoms with van der Waals surface area (Å²) in [7, 11) is 0. The molecule has 0 unspecified atom stereocenters. The number of aromatic nitrogens is 7. The van der Waals surface area contributed by atoms with E-state index in [1.165, 1.54) is 30.5 Å².